The van der Waals surface area contributed by atoms with Gasteiger partial charge in [0.2, 0.25) is 0 Å². The summed E-state index contributed by atoms with van der Waals surface area (Å²) in [7, 11) is 1.30. The number of amidine groups is 1. The number of methoxy groups -OCH3 is 1. The van der Waals surface area contributed by atoms with E-state index in [1.807, 2.05) is 12.3 Å². The van der Waals surface area contributed by atoms with Crippen LogP contribution in [0.2, 0.25) is 5.02 Å². The Morgan fingerprint density at radius 2 is 2.21 bits per heavy atom. The molecule has 0 radical (unpaired) electrons. The number of aryl methyl sites for hydroxylation is 1. The van der Waals surface area contributed by atoms with Crippen LogP contribution >= 0.6 is 22.9 Å². The first-order chi connectivity index (χ1) is 18.2. The van der Waals surface area contributed by atoms with Crippen LogP contribution < -0.4 is 5.32 Å². The Hall–Kier alpha value is -2.86. The molecule has 1 aromatic heterocycles. The molecule has 9 nitrogen and oxygen atoms in total. The van der Waals surface area contributed by atoms with Crippen LogP contribution in [0.5, 0.6) is 0 Å². The average molecular weight is 561 g/mol. The van der Waals surface area contributed by atoms with E-state index in [1.54, 1.807) is 0 Å². The number of carbonyl (C=O) groups is 2. The van der Waals surface area contributed by atoms with Crippen LogP contribution in [0.4, 0.5) is 4.39 Å². The van der Waals surface area contributed by atoms with Gasteiger partial charge in [-0.2, -0.15) is 0 Å². The molecule has 5 atom stereocenters. The number of carboxylic acid groups (broad SMARTS) is 1. The number of ether oxygens (including phenoxy) is 2. The van der Waals surface area contributed by atoms with Crippen molar-refractivity contribution < 1.29 is 28.6 Å². The lowest BCUT2D eigenvalue weighted by atomic mass is 9.68. The standard InChI is InChI=1S/C26H26ClFN4O5S/c1-12-10-38-23(29-12)22-30-17(8-32-18-5-13(24(33)34)7-26(18)11-37-9-19(26)32)20(25(35)36-2)21(31-22)15-4-3-14(28)6-16(15)27/h3-4,6,10,13,18-19,21H,5,7-9,11H2,1-2H3,(H,30,31)(H,33,34)/t13?,18?,19?,21-,26?/m0/s1. The number of rotatable bonds is 6. The van der Waals surface area contributed by atoms with E-state index >= 15 is 0 Å². The van der Waals surface area contributed by atoms with Crippen molar-refractivity contribution >= 4 is 40.7 Å². The van der Waals surface area contributed by atoms with Crippen LogP contribution in [0.15, 0.2) is 39.8 Å². The highest BCUT2D eigenvalue weighted by Gasteiger charge is 2.68. The molecule has 1 aromatic carbocycles. The number of thiazole rings is 1. The number of hydrogen-bond acceptors (Lipinski definition) is 9. The van der Waals surface area contributed by atoms with Crippen molar-refractivity contribution in [3.8, 4) is 0 Å². The average Bonchev–Trinajstić information content (AvgIpc) is 3.58. The molecule has 1 spiro atoms. The van der Waals surface area contributed by atoms with E-state index in [4.69, 9.17) is 26.1 Å². The lowest BCUT2D eigenvalue weighted by Crippen LogP contribution is -2.69. The van der Waals surface area contributed by atoms with E-state index in [0.29, 0.717) is 54.7 Å². The molecule has 3 fully saturated rings. The summed E-state index contributed by atoms with van der Waals surface area (Å²) in [5.41, 5.74) is 1.94. The summed E-state index contributed by atoms with van der Waals surface area (Å²) in [6.07, 6.45) is 1.11. The maximum absolute atomic E-state index is 13.9. The predicted molar refractivity (Wildman–Crippen MR) is 138 cm³/mol. The number of halogens is 2. The second-order valence-corrected chi connectivity index (χ2v) is 11.5. The Labute approximate surface area is 227 Å². The number of aliphatic carboxylic acids is 1. The van der Waals surface area contributed by atoms with Crippen molar-refractivity contribution in [2.45, 2.75) is 37.9 Å². The summed E-state index contributed by atoms with van der Waals surface area (Å²) >= 11 is 7.87. The van der Waals surface area contributed by atoms with Crippen molar-refractivity contribution in [2.24, 2.45) is 16.3 Å². The molecule has 3 aliphatic heterocycles. The van der Waals surface area contributed by atoms with Gasteiger partial charge in [0.1, 0.15) is 11.9 Å². The van der Waals surface area contributed by atoms with Gasteiger partial charge in [0, 0.05) is 51.4 Å². The number of aromatic nitrogens is 1. The quantitative estimate of drug-likeness (QED) is 0.517. The third kappa shape index (κ3) is 3.95. The third-order valence-electron chi connectivity index (χ3n) is 8.21. The molecule has 38 heavy (non-hydrogen) atoms. The van der Waals surface area contributed by atoms with Crippen molar-refractivity contribution in [1.29, 1.82) is 0 Å². The summed E-state index contributed by atoms with van der Waals surface area (Å²) in [4.78, 5) is 36.7. The van der Waals surface area contributed by atoms with Gasteiger partial charge in [-0.25, -0.2) is 14.2 Å². The summed E-state index contributed by atoms with van der Waals surface area (Å²) in [6.45, 7) is 3.25. The van der Waals surface area contributed by atoms with E-state index < -0.39 is 29.7 Å². The van der Waals surface area contributed by atoms with Gasteiger partial charge in [0.05, 0.1) is 31.8 Å². The number of esters is 1. The third-order valence-corrected chi connectivity index (χ3v) is 9.50. The number of aliphatic imine (C=N–C) groups is 1. The van der Waals surface area contributed by atoms with E-state index in [0.717, 1.165) is 5.69 Å². The molecule has 0 bridgehead atoms. The Bertz CT molecular complexity index is 1400. The Kier molecular flexibility index (Phi) is 6.29. The Balaban J connectivity index is 1.42. The van der Waals surface area contributed by atoms with Crippen LogP contribution in [-0.4, -0.2) is 71.7 Å². The van der Waals surface area contributed by atoms with Crippen molar-refractivity contribution in [3.05, 3.63) is 62.0 Å². The summed E-state index contributed by atoms with van der Waals surface area (Å²) in [5, 5.41) is 15.7. The molecular weight excluding hydrogens is 535 g/mol. The van der Waals surface area contributed by atoms with Gasteiger partial charge in [-0.1, -0.05) is 17.7 Å². The largest absolute Gasteiger partial charge is 0.481 e. The summed E-state index contributed by atoms with van der Waals surface area (Å²) in [5.74, 6) is -1.82. The number of carboxylic acids is 1. The van der Waals surface area contributed by atoms with Gasteiger partial charge < -0.3 is 19.9 Å². The molecule has 200 valence electrons. The molecule has 2 aromatic rings. The van der Waals surface area contributed by atoms with Crippen LogP contribution in [-0.2, 0) is 19.1 Å². The molecule has 2 saturated heterocycles. The zero-order valence-electron chi connectivity index (χ0n) is 20.7. The lowest BCUT2D eigenvalue weighted by Gasteiger charge is -2.57. The lowest BCUT2D eigenvalue weighted by molar-refractivity contribution is -0.141. The summed E-state index contributed by atoms with van der Waals surface area (Å²) < 4.78 is 24.9. The Morgan fingerprint density at radius 1 is 1.39 bits per heavy atom. The molecular formula is C26H26ClFN4O5S. The maximum atomic E-state index is 13.9. The second-order valence-electron chi connectivity index (χ2n) is 10.3. The molecule has 1 aliphatic carbocycles. The molecule has 0 amide bonds. The second kappa shape index (κ2) is 9.41. The van der Waals surface area contributed by atoms with E-state index in [-0.39, 0.29) is 28.1 Å². The molecule has 4 heterocycles. The highest BCUT2D eigenvalue weighted by molar-refractivity contribution is 7.11. The highest BCUT2D eigenvalue weighted by atomic mass is 35.5. The fourth-order valence-corrected chi connectivity index (χ4v) is 7.54. The van der Waals surface area contributed by atoms with E-state index in [1.165, 1.54) is 36.6 Å². The predicted octanol–water partition coefficient (Wildman–Crippen LogP) is 3.33. The first-order valence-electron chi connectivity index (χ1n) is 12.3. The number of nitrogens with one attached hydrogen (secondary N) is 1. The van der Waals surface area contributed by atoms with Gasteiger partial charge >= 0.3 is 11.9 Å². The van der Waals surface area contributed by atoms with Gasteiger partial charge in [0.15, 0.2) is 10.8 Å². The zero-order chi connectivity index (χ0) is 26.8. The van der Waals surface area contributed by atoms with Gasteiger partial charge in [-0.15, -0.1) is 11.3 Å². The number of benzene rings is 1. The van der Waals surface area contributed by atoms with Crippen molar-refractivity contribution in [2.75, 3.05) is 26.9 Å². The van der Waals surface area contributed by atoms with Crippen molar-refractivity contribution in [3.63, 3.8) is 0 Å². The molecule has 12 heteroatoms. The van der Waals surface area contributed by atoms with Gasteiger partial charge in [-0.05, 0) is 31.9 Å². The van der Waals surface area contributed by atoms with Gasteiger partial charge in [-0.3, -0.25) is 14.7 Å². The van der Waals surface area contributed by atoms with Crippen LogP contribution in [0, 0.1) is 24.1 Å². The maximum Gasteiger partial charge on any atom is 0.338 e. The summed E-state index contributed by atoms with van der Waals surface area (Å²) in [6, 6.07) is 3.21. The SMILES string of the molecule is COC(=O)C1=C(CN2C3COCC34CC(C(=O)O)CC24)NC(c2nc(C)cs2)=N[C@H]1c1ccc(F)cc1Cl. The number of hydrogen-bond donors (Lipinski definition) is 2. The Morgan fingerprint density at radius 3 is 2.89 bits per heavy atom. The molecule has 2 N–H and O–H groups in total. The smallest absolute Gasteiger partial charge is 0.338 e. The molecule has 4 unspecified atom stereocenters. The highest BCUT2D eigenvalue weighted by Crippen LogP contribution is 2.59. The molecule has 4 aliphatic rings. The minimum atomic E-state index is -0.854. The van der Waals surface area contributed by atoms with E-state index in [2.05, 4.69) is 15.2 Å². The minimum absolute atomic E-state index is 0.0154. The number of carbonyl (C=O) groups excluding carboxylic acids is 1. The van der Waals surface area contributed by atoms with Crippen LogP contribution in [0.25, 0.3) is 0 Å². The first kappa shape index (κ1) is 25.4. The monoisotopic (exact) mass is 560 g/mol. The molecule has 1 saturated carbocycles. The van der Waals surface area contributed by atoms with Crippen molar-refractivity contribution in [1.82, 2.24) is 15.2 Å². The van der Waals surface area contributed by atoms with Crippen LogP contribution in [0.1, 0.15) is 35.1 Å². The zero-order valence-corrected chi connectivity index (χ0v) is 22.3. The van der Waals surface area contributed by atoms with E-state index in [9.17, 15) is 19.1 Å². The van der Waals surface area contributed by atoms with Crippen LogP contribution in [0.3, 0.4) is 0 Å². The van der Waals surface area contributed by atoms with Gasteiger partial charge in [0.25, 0.3) is 0 Å². The fourth-order valence-electron chi connectivity index (χ4n) is 6.53. The fraction of sp³-hybridized carbons (Fsp3) is 0.462. The number of likely N-dealkylation sites (tertiary alicyclic amines) is 1. The minimum Gasteiger partial charge on any atom is -0.481 e. The normalized spacial score (nSPS) is 30.3. The number of nitrogens with zero attached hydrogens (tertiary/aromatic N) is 3. The molecule has 6 rings (SSSR count). The first-order valence-corrected chi connectivity index (χ1v) is 13.6. The topological polar surface area (TPSA) is 113 Å².